The molecule has 0 bridgehead atoms. The number of nitrogens with zero attached hydrogens (tertiary/aromatic N) is 4. The molecule has 1 aliphatic heterocycles. The van der Waals surface area contributed by atoms with E-state index in [1.165, 1.54) is 0 Å². The van der Waals surface area contributed by atoms with Crippen LogP contribution in [-0.4, -0.2) is 35.8 Å². The SMILES string of the molecule is CN1CCN(C(=O)Cn2cc(N)cn2)c2ccccc21. The van der Waals surface area contributed by atoms with Crippen molar-refractivity contribution in [1.82, 2.24) is 9.78 Å². The van der Waals surface area contributed by atoms with E-state index >= 15 is 0 Å². The predicted molar refractivity (Wildman–Crippen MR) is 78.7 cm³/mol. The number of nitrogens with two attached hydrogens (primary N) is 1. The van der Waals surface area contributed by atoms with Crippen molar-refractivity contribution in [3.05, 3.63) is 36.7 Å². The smallest absolute Gasteiger partial charge is 0.248 e. The molecular weight excluding hydrogens is 254 g/mol. The molecule has 0 radical (unpaired) electrons. The van der Waals surface area contributed by atoms with Crippen molar-refractivity contribution in [3.8, 4) is 0 Å². The molecular formula is C14H17N5O. The summed E-state index contributed by atoms with van der Waals surface area (Å²) < 4.78 is 1.57. The topological polar surface area (TPSA) is 67.4 Å². The minimum absolute atomic E-state index is 0.0219. The van der Waals surface area contributed by atoms with Crippen LogP contribution in [0, 0.1) is 0 Å². The third kappa shape index (κ3) is 2.20. The van der Waals surface area contributed by atoms with Crippen LogP contribution < -0.4 is 15.5 Å². The van der Waals surface area contributed by atoms with Gasteiger partial charge in [0.05, 0.1) is 23.3 Å². The Morgan fingerprint density at radius 2 is 2.05 bits per heavy atom. The average molecular weight is 271 g/mol. The van der Waals surface area contributed by atoms with E-state index in [0.717, 1.165) is 17.9 Å². The van der Waals surface area contributed by atoms with E-state index < -0.39 is 0 Å². The van der Waals surface area contributed by atoms with E-state index in [1.54, 1.807) is 17.1 Å². The van der Waals surface area contributed by atoms with Crippen molar-refractivity contribution in [2.45, 2.75) is 6.54 Å². The van der Waals surface area contributed by atoms with Crippen LogP contribution in [0.1, 0.15) is 0 Å². The molecule has 6 nitrogen and oxygen atoms in total. The molecule has 0 atom stereocenters. The number of carbonyl (C=O) groups excluding carboxylic acids is 1. The average Bonchev–Trinajstić information content (AvgIpc) is 2.84. The first-order valence-electron chi connectivity index (χ1n) is 6.53. The lowest BCUT2D eigenvalue weighted by Crippen LogP contribution is -2.44. The second-order valence-electron chi connectivity index (χ2n) is 4.93. The van der Waals surface area contributed by atoms with Crippen LogP contribution in [0.15, 0.2) is 36.7 Å². The maximum Gasteiger partial charge on any atom is 0.248 e. The van der Waals surface area contributed by atoms with Crippen LogP contribution >= 0.6 is 0 Å². The zero-order chi connectivity index (χ0) is 14.1. The summed E-state index contributed by atoms with van der Waals surface area (Å²) in [6, 6.07) is 7.93. The number of para-hydroxylation sites is 2. The lowest BCUT2D eigenvalue weighted by Gasteiger charge is -2.35. The summed E-state index contributed by atoms with van der Waals surface area (Å²) in [5.41, 5.74) is 8.21. The fraction of sp³-hybridized carbons (Fsp3) is 0.286. The molecule has 0 saturated carbocycles. The monoisotopic (exact) mass is 271 g/mol. The number of rotatable bonds is 2. The van der Waals surface area contributed by atoms with Gasteiger partial charge in [0.25, 0.3) is 0 Å². The molecule has 20 heavy (non-hydrogen) atoms. The highest BCUT2D eigenvalue weighted by molar-refractivity contribution is 5.97. The maximum atomic E-state index is 12.5. The normalized spacial score (nSPS) is 14.2. The van der Waals surface area contributed by atoms with Crippen molar-refractivity contribution in [1.29, 1.82) is 0 Å². The van der Waals surface area contributed by atoms with Crippen molar-refractivity contribution in [2.75, 3.05) is 35.7 Å². The number of amides is 1. The Morgan fingerprint density at radius 3 is 2.75 bits per heavy atom. The lowest BCUT2D eigenvalue weighted by atomic mass is 10.1. The van der Waals surface area contributed by atoms with Gasteiger partial charge in [-0.05, 0) is 12.1 Å². The Balaban J connectivity index is 1.84. The molecule has 0 spiro atoms. The number of hydrogen-bond donors (Lipinski definition) is 1. The Hall–Kier alpha value is -2.50. The van der Waals surface area contributed by atoms with Crippen molar-refractivity contribution < 1.29 is 4.79 Å². The summed E-state index contributed by atoms with van der Waals surface area (Å²) in [7, 11) is 2.04. The molecule has 0 saturated heterocycles. The summed E-state index contributed by atoms with van der Waals surface area (Å²) in [6.45, 7) is 1.71. The van der Waals surface area contributed by atoms with Crippen molar-refractivity contribution in [2.24, 2.45) is 0 Å². The minimum atomic E-state index is 0.0219. The minimum Gasteiger partial charge on any atom is -0.396 e. The summed E-state index contributed by atoms with van der Waals surface area (Å²) in [6.07, 6.45) is 3.21. The van der Waals surface area contributed by atoms with Crippen LogP contribution in [0.3, 0.4) is 0 Å². The van der Waals surface area contributed by atoms with Crippen LogP contribution in [0.25, 0.3) is 0 Å². The molecule has 2 aromatic rings. The zero-order valence-electron chi connectivity index (χ0n) is 11.4. The number of anilines is 3. The number of aromatic nitrogens is 2. The van der Waals surface area contributed by atoms with Gasteiger partial charge in [-0.2, -0.15) is 5.10 Å². The summed E-state index contributed by atoms with van der Waals surface area (Å²) in [4.78, 5) is 16.4. The molecule has 2 heterocycles. The van der Waals surface area contributed by atoms with Crippen molar-refractivity contribution >= 4 is 23.0 Å². The second-order valence-corrected chi connectivity index (χ2v) is 4.93. The molecule has 1 aromatic carbocycles. The van der Waals surface area contributed by atoms with Gasteiger partial charge in [0.15, 0.2) is 0 Å². The standard InChI is InChI=1S/C14H17N5O/c1-17-6-7-19(13-5-3-2-4-12(13)17)14(20)10-18-9-11(15)8-16-18/h2-5,8-9H,6-7,10,15H2,1H3. The highest BCUT2D eigenvalue weighted by atomic mass is 16.2. The first-order valence-corrected chi connectivity index (χ1v) is 6.53. The summed E-state index contributed by atoms with van der Waals surface area (Å²) in [5, 5.41) is 4.06. The van der Waals surface area contributed by atoms with Gasteiger partial charge >= 0.3 is 0 Å². The number of benzene rings is 1. The highest BCUT2D eigenvalue weighted by Gasteiger charge is 2.24. The fourth-order valence-corrected chi connectivity index (χ4v) is 2.46. The van der Waals surface area contributed by atoms with Gasteiger partial charge in [-0.15, -0.1) is 0 Å². The molecule has 1 amide bonds. The molecule has 104 valence electrons. The number of nitrogen functional groups attached to an aromatic ring is 1. The van der Waals surface area contributed by atoms with E-state index in [-0.39, 0.29) is 12.5 Å². The Kier molecular flexibility index (Phi) is 3.06. The van der Waals surface area contributed by atoms with E-state index in [1.807, 2.05) is 36.2 Å². The molecule has 3 rings (SSSR count). The quantitative estimate of drug-likeness (QED) is 0.883. The molecule has 0 aliphatic carbocycles. The third-order valence-electron chi connectivity index (χ3n) is 3.49. The third-order valence-corrected chi connectivity index (χ3v) is 3.49. The first kappa shape index (κ1) is 12.5. The molecule has 6 heteroatoms. The number of hydrogen-bond acceptors (Lipinski definition) is 4. The second kappa shape index (κ2) is 4.88. The molecule has 0 fully saturated rings. The van der Waals surface area contributed by atoms with Gasteiger partial charge in [-0.25, -0.2) is 0 Å². The highest BCUT2D eigenvalue weighted by Crippen LogP contribution is 2.31. The predicted octanol–water partition coefficient (Wildman–Crippen LogP) is 0.948. The van der Waals surface area contributed by atoms with E-state index in [0.29, 0.717) is 12.2 Å². The van der Waals surface area contributed by atoms with Crippen LogP contribution in [0.5, 0.6) is 0 Å². The number of fused-ring (bicyclic) bond motifs is 1. The molecule has 2 N–H and O–H groups in total. The molecule has 0 unspecified atom stereocenters. The van der Waals surface area contributed by atoms with E-state index in [2.05, 4.69) is 10.00 Å². The van der Waals surface area contributed by atoms with Crippen LogP contribution in [0.4, 0.5) is 17.1 Å². The first-order chi connectivity index (χ1) is 9.65. The molecule has 1 aliphatic rings. The van der Waals surface area contributed by atoms with Crippen LogP contribution in [-0.2, 0) is 11.3 Å². The summed E-state index contributed by atoms with van der Waals surface area (Å²) >= 11 is 0. The Bertz CT molecular complexity index is 636. The van der Waals surface area contributed by atoms with Gasteiger partial charge in [0.1, 0.15) is 6.54 Å². The maximum absolute atomic E-state index is 12.5. The Labute approximate surface area is 117 Å². The van der Waals surface area contributed by atoms with Gasteiger partial charge < -0.3 is 15.5 Å². The largest absolute Gasteiger partial charge is 0.396 e. The molecule has 1 aromatic heterocycles. The fourth-order valence-electron chi connectivity index (χ4n) is 2.46. The van der Waals surface area contributed by atoms with E-state index in [4.69, 9.17) is 5.73 Å². The number of likely N-dealkylation sites (N-methyl/N-ethyl adjacent to an activating group) is 1. The zero-order valence-corrected chi connectivity index (χ0v) is 11.4. The van der Waals surface area contributed by atoms with Crippen molar-refractivity contribution in [3.63, 3.8) is 0 Å². The van der Waals surface area contributed by atoms with Gasteiger partial charge in [0, 0.05) is 26.3 Å². The van der Waals surface area contributed by atoms with Gasteiger partial charge in [-0.3, -0.25) is 9.48 Å². The van der Waals surface area contributed by atoms with Gasteiger partial charge in [-0.1, -0.05) is 12.1 Å². The van der Waals surface area contributed by atoms with E-state index in [9.17, 15) is 4.79 Å². The Morgan fingerprint density at radius 1 is 1.30 bits per heavy atom. The summed E-state index contributed by atoms with van der Waals surface area (Å²) in [5.74, 6) is 0.0219. The van der Waals surface area contributed by atoms with Gasteiger partial charge in [0.2, 0.25) is 5.91 Å². The number of carbonyl (C=O) groups is 1. The lowest BCUT2D eigenvalue weighted by molar-refractivity contribution is -0.119. The van der Waals surface area contributed by atoms with Crippen LogP contribution in [0.2, 0.25) is 0 Å².